The Morgan fingerprint density at radius 3 is 2.31 bits per heavy atom. The van der Waals surface area contributed by atoms with E-state index in [-0.39, 0.29) is 11.9 Å². The Morgan fingerprint density at radius 1 is 1.38 bits per heavy atom. The Kier molecular flexibility index (Phi) is 4.33. The standard InChI is InChI=1S/C12H17ClN2O/c1-8-4-9(2)6-11(5-8)12(16)15(13)10(3)7-14/h4-6,10H,7,14H2,1-3H3. The number of hydrogen-bond donors (Lipinski definition) is 1. The molecule has 2 N–H and O–H groups in total. The lowest BCUT2D eigenvalue weighted by Gasteiger charge is -2.20. The Labute approximate surface area is 101 Å². The van der Waals surface area contributed by atoms with E-state index in [9.17, 15) is 4.79 Å². The summed E-state index contributed by atoms with van der Waals surface area (Å²) >= 11 is 5.92. The van der Waals surface area contributed by atoms with Crippen LogP contribution in [0.5, 0.6) is 0 Å². The van der Waals surface area contributed by atoms with Crippen molar-refractivity contribution in [2.75, 3.05) is 6.54 Å². The van der Waals surface area contributed by atoms with Gasteiger partial charge in [-0.2, -0.15) is 0 Å². The number of halogens is 1. The van der Waals surface area contributed by atoms with Crippen molar-refractivity contribution in [1.82, 2.24) is 4.42 Å². The first-order chi connectivity index (χ1) is 7.45. The molecule has 0 bridgehead atoms. The van der Waals surface area contributed by atoms with E-state index < -0.39 is 0 Å². The maximum Gasteiger partial charge on any atom is 0.268 e. The molecule has 0 aromatic heterocycles. The highest BCUT2D eigenvalue weighted by Gasteiger charge is 2.18. The minimum absolute atomic E-state index is 0.171. The van der Waals surface area contributed by atoms with Crippen molar-refractivity contribution in [2.24, 2.45) is 5.73 Å². The Bertz CT molecular complexity index is 372. The number of carbonyl (C=O) groups excluding carboxylic acids is 1. The molecule has 1 aromatic carbocycles. The van der Waals surface area contributed by atoms with E-state index >= 15 is 0 Å². The molecule has 0 aliphatic carbocycles. The van der Waals surface area contributed by atoms with Crippen LogP contribution in [0.25, 0.3) is 0 Å². The van der Waals surface area contributed by atoms with Crippen molar-refractivity contribution >= 4 is 17.7 Å². The molecule has 0 saturated heterocycles. The predicted octanol–water partition coefficient (Wildman–Crippen LogP) is 2.25. The highest BCUT2D eigenvalue weighted by molar-refractivity contribution is 6.24. The largest absolute Gasteiger partial charge is 0.328 e. The van der Waals surface area contributed by atoms with Crippen LogP contribution < -0.4 is 5.73 Å². The van der Waals surface area contributed by atoms with Gasteiger partial charge in [0.05, 0.1) is 6.04 Å². The molecule has 1 amide bonds. The number of carbonyl (C=O) groups is 1. The molecule has 3 nitrogen and oxygen atoms in total. The van der Waals surface area contributed by atoms with Crippen LogP contribution in [0.3, 0.4) is 0 Å². The second-order valence-electron chi connectivity index (χ2n) is 4.08. The van der Waals surface area contributed by atoms with Crippen molar-refractivity contribution in [3.05, 3.63) is 34.9 Å². The number of nitrogens with zero attached hydrogens (tertiary/aromatic N) is 1. The summed E-state index contributed by atoms with van der Waals surface area (Å²) < 4.78 is 1.16. The van der Waals surface area contributed by atoms with Gasteiger partial charge in [0.15, 0.2) is 0 Å². The van der Waals surface area contributed by atoms with Crippen LogP contribution in [0.15, 0.2) is 18.2 Å². The van der Waals surface area contributed by atoms with Crippen molar-refractivity contribution in [1.29, 1.82) is 0 Å². The minimum atomic E-state index is -0.202. The summed E-state index contributed by atoms with van der Waals surface area (Å²) in [6.07, 6.45) is 0. The van der Waals surface area contributed by atoms with Gasteiger partial charge in [-0.25, -0.2) is 4.42 Å². The molecule has 0 radical (unpaired) electrons. The van der Waals surface area contributed by atoms with Crippen molar-refractivity contribution in [3.8, 4) is 0 Å². The monoisotopic (exact) mass is 240 g/mol. The number of rotatable bonds is 3. The molecule has 1 unspecified atom stereocenters. The third-order valence-corrected chi connectivity index (χ3v) is 2.88. The van der Waals surface area contributed by atoms with E-state index in [0.29, 0.717) is 12.1 Å². The smallest absolute Gasteiger partial charge is 0.268 e. The molecule has 1 atom stereocenters. The third-order valence-electron chi connectivity index (χ3n) is 2.39. The summed E-state index contributed by atoms with van der Waals surface area (Å²) in [5.41, 5.74) is 8.17. The van der Waals surface area contributed by atoms with E-state index in [1.807, 2.05) is 39.0 Å². The first kappa shape index (κ1) is 13.0. The highest BCUT2D eigenvalue weighted by Crippen LogP contribution is 2.14. The number of aryl methyl sites for hydroxylation is 2. The Balaban J connectivity index is 2.96. The van der Waals surface area contributed by atoms with E-state index in [4.69, 9.17) is 17.5 Å². The van der Waals surface area contributed by atoms with Crippen LogP contribution in [0, 0.1) is 13.8 Å². The number of hydrogen-bond acceptors (Lipinski definition) is 2. The maximum atomic E-state index is 12.0. The first-order valence-electron chi connectivity index (χ1n) is 5.23. The SMILES string of the molecule is Cc1cc(C)cc(C(=O)N(Cl)C(C)CN)c1. The van der Waals surface area contributed by atoms with Crippen LogP contribution in [0.4, 0.5) is 0 Å². The fraction of sp³-hybridized carbons (Fsp3) is 0.417. The van der Waals surface area contributed by atoms with Gasteiger partial charge in [0.25, 0.3) is 5.91 Å². The van der Waals surface area contributed by atoms with Crippen LogP contribution in [0.2, 0.25) is 0 Å². The van der Waals surface area contributed by atoms with Crippen LogP contribution in [-0.4, -0.2) is 22.9 Å². The van der Waals surface area contributed by atoms with Gasteiger partial charge in [0.2, 0.25) is 0 Å². The summed E-state index contributed by atoms with van der Waals surface area (Å²) in [5, 5.41) is 0. The minimum Gasteiger partial charge on any atom is -0.328 e. The summed E-state index contributed by atoms with van der Waals surface area (Å²) in [6.45, 7) is 6.07. The molecule has 88 valence electrons. The lowest BCUT2D eigenvalue weighted by atomic mass is 10.1. The zero-order valence-corrected chi connectivity index (χ0v) is 10.6. The molecule has 0 aliphatic rings. The molecule has 0 fully saturated rings. The summed E-state index contributed by atoms with van der Waals surface area (Å²) in [7, 11) is 0. The number of amides is 1. The fourth-order valence-corrected chi connectivity index (χ4v) is 1.69. The van der Waals surface area contributed by atoms with Crippen LogP contribution in [-0.2, 0) is 0 Å². The third kappa shape index (κ3) is 2.97. The summed E-state index contributed by atoms with van der Waals surface area (Å²) in [4.78, 5) is 12.0. The molecule has 0 heterocycles. The lowest BCUT2D eigenvalue weighted by molar-refractivity contribution is 0.0834. The number of benzene rings is 1. The van der Waals surface area contributed by atoms with Gasteiger partial charge in [-0.15, -0.1) is 0 Å². The van der Waals surface area contributed by atoms with Gasteiger partial charge in [-0.3, -0.25) is 4.79 Å². The topological polar surface area (TPSA) is 46.3 Å². The Hall–Kier alpha value is -1.06. The van der Waals surface area contributed by atoms with Gasteiger partial charge >= 0.3 is 0 Å². The average Bonchev–Trinajstić information content (AvgIpc) is 2.24. The molecule has 4 heteroatoms. The highest BCUT2D eigenvalue weighted by atomic mass is 35.5. The van der Waals surface area contributed by atoms with Gasteiger partial charge in [-0.05, 0) is 32.9 Å². The van der Waals surface area contributed by atoms with Crippen molar-refractivity contribution in [2.45, 2.75) is 26.8 Å². The van der Waals surface area contributed by atoms with Gasteiger partial charge < -0.3 is 5.73 Å². The van der Waals surface area contributed by atoms with E-state index in [1.54, 1.807) is 0 Å². The molecule has 0 spiro atoms. The second kappa shape index (κ2) is 5.32. The lowest BCUT2D eigenvalue weighted by Crippen LogP contribution is -2.36. The zero-order valence-electron chi connectivity index (χ0n) is 9.83. The van der Waals surface area contributed by atoms with E-state index in [2.05, 4.69) is 0 Å². The Morgan fingerprint density at radius 2 is 1.88 bits per heavy atom. The maximum absolute atomic E-state index is 12.0. The fourth-order valence-electron chi connectivity index (χ4n) is 1.51. The molecule has 1 aromatic rings. The first-order valence-corrected chi connectivity index (χ1v) is 5.57. The van der Waals surface area contributed by atoms with Gasteiger partial charge in [-0.1, -0.05) is 17.2 Å². The average molecular weight is 241 g/mol. The summed E-state index contributed by atoms with van der Waals surface area (Å²) in [5.74, 6) is -0.202. The quantitative estimate of drug-likeness (QED) is 0.824. The molecule has 0 aliphatic heterocycles. The van der Waals surface area contributed by atoms with E-state index in [1.165, 1.54) is 0 Å². The zero-order chi connectivity index (χ0) is 12.3. The van der Waals surface area contributed by atoms with Gasteiger partial charge in [0, 0.05) is 23.9 Å². The van der Waals surface area contributed by atoms with Crippen molar-refractivity contribution in [3.63, 3.8) is 0 Å². The molecule has 0 saturated carbocycles. The number of nitrogens with two attached hydrogens (primary N) is 1. The molecular weight excluding hydrogens is 224 g/mol. The normalized spacial score (nSPS) is 12.3. The second-order valence-corrected chi connectivity index (χ2v) is 4.44. The van der Waals surface area contributed by atoms with Gasteiger partial charge in [0.1, 0.15) is 0 Å². The van der Waals surface area contributed by atoms with Crippen molar-refractivity contribution < 1.29 is 4.79 Å². The van der Waals surface area contributed by atoms with Crippen LogP contribution in [0.1, 0.15) is 28.4 Å². The predicted molar refractivity (Wildman–Crippen MR) is 66.5 cm³/mol. The van der Waals surface area contributed by atoms with Crippen LogP contribution >= 0.6 is 11.8 Å². The molecule has 16 heavy (non-hydrogen) atoms. The molecular formula is C12H17ClN2O. The summed E-state index contributed by atoms with van der Waals surface area (Å²) in [6, 6.07) is 5.50. The molecule has 1 rings (SSSR count). The van der Waals surface area contributed by atoms with E-state index in [0.717, 1.165) is 15.5 Å².